The van der Waals surface area contributed by atoms with Crippen molar-refractivity contribution in [1.82, 2.24) is 5.32 Å². The highest BCUT2D eigenvalue weighted by atomic mass is 16.5. The van der Waals surface area contributed by atoms with Gasteiger partial charge in [-0.3, -0.25) is 0 Å². The largest absolute Gasteiger partial charge is 0.379 e. The van der Waals surface area contributed by atoms with Crippen LogP contribution in [0, 0.1) is 5.92 Å². The van der Waals surface area contributed by atoms with E-state index in [1.807, 2.05) is 14.0 Å². The summed E-state index contributed by atoms with van der Waals surface area (Å²) in [4.78, 5) is 0. The molecule has 0 spiro atoms. The van der Waals surface area contributed by atoms with E-state index in [0.29, 0.717) is 6.04 Å². The van der Waals surface area contributed by atoms with Gasteiger partial charge < -0.3 is 14.8 Å². The van der Waals surface area contributed by atoms with Crippen molar-refractivity contribution in [2.45, 2.75) is 38.6 Å². The first-order valence-electron chi connectivity index (χ1n) is 6.21. The molecule has 1 fully saturated rings. The van der Waals surface area contributed by atoms with Crippen LogP contribution in [0.15, 0.2) is 0 Å². The summed E-state index contributed by atoms with van der Waals surface area (Å²) in [6.45, 7) is 5.06. The lowest BCUT2D eigenvalue weighted by atomic mass is 9.99. The molecule has 0 aromatic rings. The summed E-state index contributed by atoms with van der Waals surface area (Å²) >= 11 is 0. The van der Waals surface area contributed by atoms with Crippen molar-refractivity contribution in [1.29, 1.82) is 0 Å². The van der Waals surface area contributed by atoms with Gasteiger partial charge in [0, 0.05) is 12.6 Å². The third kappa shape index (κ3) is 4.96. The zero-order chi connectivity index (χ0) is 10.9. The Labute approximate surface area is 93.5 Å². The molecule has 1 rings (SSSR count). The van der Waals surface area contributed by atoms with Crippen LogP contribution in [-0.2, 0) is 9.47 Å². The second kappa shape index (κ2) is 8.08. The highest BCUT2D eigenvalue weighted by Gasteiger charge is 2.23. The second-order valence-corrected chi connectivity index (χ2v) is 4.21. The maximum Gasteiger partial charge on any atom is 0.0701 e. The fourth-order valence-electron chi connectivity index (χ4n) is 2.29. The Bertz CT molecular complexity index is 147. The fraction of sp³-hybridized carbons (Fsp3) is 1.00. The molecule has 15 heavy (non-hydrogen) atoms. The van der Waals surface area contributed by atoms with Gasteiger partial charge >= 0.3 is 0 Å². The predicted octanol–water partition coefficient (Wildman–Crippen LogP) is 1.82. The number of ether oxygens (including phenoxy) is 2. The Morgan fingerprint density at radius 1 is 1.20 bits per heavy atom. The first kappa shape index (κ1) is 12.9. The molecule has 0 amide bonds. The van der Waals surface area contributed by atoms with Gasteiger partial charge in [-0.15, -0.1) is 0 Å². The number of hydrogen-bond acceptors (Lipinski definition) is 3. The monoisotopic (exact) mass is 215 g/mol. The summed E-state index contributed by atoms with van der Waals surface area (Å²) in [5.41, 5.74) is 0. The minimum absolute atomic E-state index is 0.536. The van der Waals surface area contributed by atoms with Gasteiger partial charge in [0.2, 0.25) is 0 Å². The van der Waals surface area contributed by atoms with Crippen LogP contribution in [-0.4, -0.2) is 39.5 Å². The molecule has 1 atom stereocenters. The summed E-state index contributed by atoms with van der Waals surface area (Å²) in [6, 6.07) is 0.536. The van der Waals surface area contributed by atoms with E-state index in [0.717, 1.165) is 32.3 Å². The first-order chi connectivity index (χ1) is 7.38. The lowest BCUT2D eigenvalue weighted by molar-refractivity contribution is 0.0373. The number of rotatable bonds is 8. The van der Waals surface area contributed by atoms with Gasteiger partial charge in [0.05, 0.1) is 19.8 Å². The highest BCUT2D eigenvalue weighted by molar-refractivity contribution is 4.79. The lowest BCUT2D eigenvalue weighted by Crippen LogP contribution is -2.37. The normalized spacial score (nSPS) is 19.6. The van der Waals surface area contributed by atoms with Gasteiger partial charge in [0.25, 0.3) is 0 Å². The van der Waals surface area contributed by atoms with Gasteiger partial charge in [0.1, 0.15) is 0 Å². The molecule has 1 unspecified atom stereocenters. The summed E-state index contributed by atoms with van der Waals surface area (Å²) in [7, 11) is 2.04. The van der Waals surface area contributed by atoms with Crippen LogP contribution >= 0.6 is 0 Å². The number of nitrogens with one attached hydrogen (secondary N) is 1. The van der Waals surface area contributed by atoms with Crippen molar-refractivity contribution < 1.29 is 9.47 Å². The third-order valence-electron chi connectivity index (χ3n) is 3.21. The zero-order valence-corrected chi connectivity index (χ0v) is 10.1. The molecule has 0 saturated heterocycles. The molecule has 1 saturated carbocycles. The summed E-state index contributed by atoms with van der Waals surface area (Å²) in [6.07, 6.45) is 5.50. The van der Waals surface area contributed by atoms with E-state index < -0.39 is 0 Å². The molecule has 0 bridgehead atoms. The van der Waals surface area contributed by atoms with Gasteiger partial charge in [-0.05, 0) is 32.7 Å². The SMILES string of the molecule is CCOCCOCC(NC)C1CCCC1. The molecule has 0 aliphatic heterocycles. The molecule has 0 heterocycles. The van der Waals surface area contributed by atoms with Crippen molar-refractivity contribution >= 4 is 0 Å². The zero-order valence-electron chi connectivity index (χ0n) is 10.1. The molecule has 0 radical (unpaired) electrons. The van der Waals surface area contributed by atoms with E-state index >= 15 is 0 Å². The molecular weight excluding hydrogens is 190 g/mol. The maximum absolute atomic E-state index is 5.61. The molecule has 1 aliphatic rings. The van der Waals surface area contributed by atoms with Crippen molar-refractivity contribution in [3.8, 4) is 0 Å². The van der Waals surface area contributed by atoms with Crippen LogP contribution in [0.1, 0.15) is 32.6 Å². The Morgan fingerprint density at radius 3 is 2.47 bits per heavy atom. The minimum Gasteiger partial charge on any atom is -0.379 e. The molecule has 3 heteroatoms. The van der Waals surface area contributed by atoms with E-state index in [2.05, 4.69) is 5.32 Å². The van der Waals surface area contributed by atoms with Crippen molar-refractivity contribution in [2.75, 3.05) is 33.5 Å². The molecule has 1 aliphatic carbocycles. The minimum atomic E-state index is 0.536. The first-order valence-corrected chi connectivity index (χ1v) is 6.21. The van der Waals surface area contributed by atoms with Crippen molar-refractivity contribution in [2.24, 2.45) is 5.92 Å². The van der Waals surface area contributed by atoms with Crippen LogP contribution in [0.2, 0.25) is 0 Å². The predicted molar refractivity (Wildman–Crippen MR) is 62.1 cm³/mol. The van der Waals surface area contributed by atoms with E-state index in [4.69, 9.17) is 9.47 Å². The Balaban J connectivity index is 2.05. The second-order valence-electron chi connectivity index (χ2n) is 4.21. The molecule has 90 valence electrons. The Hall–Kier alpha value is -0.120. The van der Waals surface area contributed by atoms with Crippen LogP contribution in [0.5, 0.6) is 0 Å². The molecular formula is C12H25NO2. The van der Waals surface area contributed by atoms with E-state index in [9.17, 15) is 0 Å². The maximum atomic E-state index is 5.61. The molecule has 3 nitrogen and oxygen atoms in total. The fourth-order valence-corrected chi connectivity index (χ4v) is 2.29. The summed E-state index contributed by atoms with van der Waals surface area (Å²) in [5, 5.41) is 3.37. The topological polar surface area (TPSA) is 30.5 Å². The number of likely N-dealkylation sites (N-methyl/N-ethyl adjacent to an activating group) is 1. The van der Waals surface area contributed by atoms with Gasteiger partial charge in [-0.25, -0.2) is 0 Å². The quantitative estimate of drug-likeness (QED) is 0.626. The summed E-state index contributed by atoms with van der Waals surface area (Å²) in [5.74, 6) is 0.821. The van der Waals surface area contributed by atoms with Crippen LogP contribution in [0.4, 0.5) is 0 Å². The number of hydrogen-bond donors (Lipinski definition) is 1. The van der Waals surface area contributed by atoms with Crippen LogP contribution < -0.4 is 5.32 Å². The van der Waals surface area contributed by atoms with E-state index in [-0.39, 0.29) is 0 Å². The average Bonchev–Trinajstić information content (AvgIpc) is 2.77. The van der Waals surface area contributed by atoms with Crippen molar-refractivity contribution in [3.05, 3.63) is 0 Å². The van der Waals surface area contributed by atoms with Gasteiger partial charge in [-0.2, -0.15) is 0 Å². The van der Waals surface area contributed by atoms with Gasteiger partial charge in [-0.1, -0.05) is 12.8 Å². The van der Waals surface area contributed by atoms with Crippen LogP contribution in [0.25, 0.3) is 0 Å². The smallest absolute Gasteiger partial charge is 0.0701 e. The molecule has 0 aromatic heterocycles. The Kier molecular flexibility index (Phi) is 6.98. The van der Waals surface area contributed by atoms with Crippen molar-refractivity contribution in [3.63, 3.8) is 0 Å². The van der Waals surface area contributed by atoms with Crippen LogP contribution in [0.3, 0.4) is 0 Å². The molecule has 1 N–H and O–H groups in total. The Morgan fingerprint density at radius 2 is 1.87 bits per heavy atom. The lowest BCUT2D eigenvalue weighted by Gasteiger charge is -2.22. The third-order valence-corrected chi connectivity index (χ3v) is 3.21. The van der Waals surface area contributed by atoms with Gasteiger partial charge in [0.15, 0.2) is 0 Å². The average molecular weight is 215 g/mol. The molecule has 0 aromatic carbocycles. The summed E-state index contributed by atoms with van der Waals surface area (Å²) < 4.78 is 10.8. The standard InChI is InChI=1S/C12H25NO2/c1-3-14-8-9-15-10-12(13-2)11-6-4-5-7-11/h11-13H,3-10H2,1-2H3. The van der Waals surface area contributed by atoms with E-state index in [1.54, 1.807) is 0 Å². The van der Waals surface area contributed by atoms with E-state index in [1.165, 1.54) is 25.7 Å². The highest BCUT2D eigenvalue weighted by Crippen LogP contribution is 2.27.